The van der Waals surface area contributed by atoms with Crippen molar-refractivity contribution in [1.29, 1.82) is 0 Å². The highest BCUT2D eigenvalue weighted by Crippen LogP contribution is 2.28. The van der Waals surface area contributed by atoms with Crippen molar-refractivity contribution in [3.63, 3.8) is 0 Å². The van der Waals surface area contributed by atoms with E-state index in [4.69, 9.17) is 4.74 Å². The predicted octanol–water partition coefficient (Wildman–Crippen LogP) is 3.70. The molecule has 0 radical (unpaired) electrons. The van der Waals surface area contributed by atoms with Crippen LogP contribution in [0.1, 0.15) is 35.3 Å². The SMILES string of the molecule is C=CCN(Cc1ccc(C(=O)OC(C)C)cc1)CC(O)(Cn1cncn1)c1ccc(F)cc1F. The highest BCUT2D eigenvalue weighted by molar-refractivity contribution is 5.89. The topological polar surface area (TPSA) is 80.5 Å². The van der Waals surface area contributed by atoms with Gasteiger partial charge in [0.25, 0.3) is 0 Å². The summed E-state index contributed by atoms with van der Waals surface area (Å²) in [6, 6.07) is 10.0. The molecule has 0 aliphatic heterocycles. The number of esters is 1. The molecule has 7 nitrogen and oxygen atoms in total. The lowest BCUT2D eigenvalue weighted by Crippen LogP contribution is -2.44. The molecule has 3 rings (SSSR count). The van der Waals surface area contributed by atoms with Crippen LogP contribution in [0.15, 0.2) is 67.8 Å². The average Bonchev–Trinajstić information content (AvgIpc) is 3.26. The van der Waals surface area contributed by atoms with Gasteiger partial charge in [0.15, 0.2) is 0 Å². The number of halogens is 2. The van der Waals surface area contributed by atoms with Crippen molar-refractivity contribution in [1.82, 2.24) is 19.7 Å². The van der Waals surface area contributed by atoms with E-state index >= 15 is 0 Å². The smallest absolute Gasteiger partial charge is 0.338 e. The minimum atomic E-state index is -1.74. The normalized spacial score (nSPS) is 13.1. The molecule has 3 aromatic rings. The number of rotatable bonds is 11. The standard InChI is InChI=1S/C25H28F2N4O3/c1-4-11-30(13-19-5-7-20(8-6-19)24(32)34-18(2)3)14-25(33,15-31-17-28-16-29-31)22-10-9-21(26)12-23(22)27/h4-10,12,16-18,33H,1,11,13-15H2,2-3H3. The molecule has 1 aromatic heterocycles. The lowest BCUT2D eigenvalue weighted by Gasteiger charge is -2.34. The predicted molar refractivity (Wildman–Crippen MR) is 123 cm³/mol. The van der Waals surface area contributed by atoms with Crippen LogP contribution in [0.2, 0.25) is 0 Å². The maximum absolute atomic E-state index is 14.7. The van der Waals surface area contributed by atoms with Crippen molar-refractivity contribution in [3.05, 3.63) is 96.1 Å². The third-order valence-corrected chi connectivity index (χ3v) is 5.13. The number of carbonyl (C=O) groups is 1. The molecule has 1 unspecified atom stereocenters. The lowest BCUT2D eigenvalue weighted by molar-refractivity contribution is -0.0210. The third-order valence-electron chi connectivity index (χ3n) is 5.13. The summed E-state index contributed by atoms with van der Waals surface area (Å²) in [7, 11) is 0. The first-order valence-electron chi connectivity index (χ1n) is 10.8. The van der Waals surface area contributed by atoms with Crippen LogP contribution in [0.5, 0.6) is 0 Å². The molecule has 180 valence electrons. The van der Waals surface area contributed by atoms with E-state index in [9.17, 15) is 18.7 Å². The molecule has 0 saturated carbocycles. The van der Waals surface area contributed by atoms with Crippen molar-refractivity contribution in [2.45, 2.75) is 38.6 Å². The molecule has 0 spiro atoms. The largest absolute Gasteiger partial charge is 0.459 e. The summed E-state index contributed by atoms with van der Waals surface area (Å²) in [5.41, 5.74) is -0.491. The number of hydrogen-bond acceptors (Lipinski definition) is 6. The monoisotopic (exact) mass is 470 g/mol. The maximum Gasteiger partial charge on any atom is 0.338 e. The van der Waals surface area contributed by atoms with Crippen molar-refractivity contribution in [3.8, 4) is 0 Å². The van der Waals surface area contributed by atoms with Crippen LogP contribution >= 0.6 is 0 Å². The summed E-state index contributed by atoms with van der Waals surface area (Å²) in [6.45, 7) is 8.02. The van der Waals surface area contributed by atoms with Crippen LogP contribution in [0.3, 0.4) is 0 Å². The van der Waals surface area contributed by atoms with E-state index in [1.54, 1.807) is 44.2 Å². The number of ether oxygens (including phenoxy) is 1. The Labute approximate surface area is 197 Å². The molecule has 1 atom stereocenters. The van der Waals surface area contributed by atoms with Crippen molar-refractivity contribution < 1.29 is 23.4 Å². The van der Waals surface area contributed by atoms with Gasteiger partial charge in [-0.3, -0.25) is 4.90 Å². The molecule has 9 heteroatoms. The van der Waals surface area contributed by atoms with Gasteiger partial charge in [0, 0.05) is 31.3 Å². The van der Waals surface area contributed by atoms with Crippen molar-refractivity contribution in [2.75, 3.05) is 13.1 Å². The quantitative estimate of drug-likeness (QED) is 0.340. The first kappa shape index (κ1) is 25.2. The molecule has 1 heterocycles. The minimum Gasteiger partial charge on any atom is -0.459 e. The molecule has 0 fully saturated rings. The zero-order chi connectivity index (χ0) is 24.7. The number of carbonyl (C=O) groups excluding carboxylic acids is 1. The fourth-order valence-corrected chi connectivity index (χ4v) is 3.69. The molecule has 34 heavy (non-hydrogen) atoms. The Bertz CT molecular complexity index is 1100. The Morgan fingerprint density at radius 1 is 1.26 bits per heavy atom. The van der Waals surface area contributed by atoms with Gasteiger partial charge in [-0.05, 0) is 37.6 Å². The fraction of sp³-hybridized carbons (Fsp3) is 0.320. The van der Waals surface area contributed by atoms with Gasteiger partial charge in [-0.1, -0.05) is 24.3 Å². The Morgan fingerprint density at radius 3 is 2.59 bits per heavy atom. The number of benzene rings is 2. The van der Waals surface area contributed by atoms with Gasteiger partial charge in [-0.2, -0.15) is 5.10 Å². The summed E-state index contributed by atoms with van der Waals surface area (Å²) in [5.74, 6) is -1.99. The summed E-state index contributed by atoms with van der Waals surface area (Å²) >= 11 is 0. The number of aliphatic hydroxyl groups is 1. The first-order valence-corrected chi connectivity index (χ1v) is 10.8. The second-order valence-corrected chi connectivity index (χ2v) is 8.36. The summed E-state index contributed by atoms with van der Waals surface area (Å²) in [4.78, 5) is 17.8. The van der Waals surface area contributed by atoms with E-state index in [1.807, 2.05) is 4.90 Å². The van der Waals surface area contributed by atoms with Gasteiger partial charge in [0.05, 0.1) is 18.2 Å². The molecule has 1 N–H and O–H groups in total. The summed E-state index contributed by atoms with van der Waals surface area (Å²) in [5, 5.41) is 15.6. The molecule has 0 saturated heterocycles. The van der Waals surface area contributed by atoms with Crippen molar-refractivity contribution in [2.24, 2.45) is 0 Å². The van der Waals surface area contributed by atoms with E-state index in [2.05, 4.69) is 16.7 Å². The molecular weight excluding hydrogens is 442 g/mol. The van der Waals surface area contributed by atoms with Crippen LogP contribution in [-0.2, 0) is 23.4 Å². The Hall–Kier alpha value is -3.43. The number of nitrogens with zero attached hydrogens (tertiary/aromatic N) is 4. The summed E-state index contributed by atoms with van der Waals surface area (Å²) < 4.78 is 34.9. The Balaban J connectivity index is 1.85. The third kappa shape index (κ3) is 6.55. The van der Waals surface area contributed by atoms with Crippen LogP contribution < -0.4 is 0 Å². The fourth-order valence-electron chi connectivity index (χ4n) is 3.69. The Kier molecular flexibility index (Phi) is 8.25. The second kappa shape index (κ2) is 11.1. The molecule has 0 aliphatic rings. The van der Waals surface area contributed by atoms with Gasteiger partial charge in [-0.15, -0.1) is 6.58 Å². The number of aromatic nitrogens is 3. The van der Waals surface area contributed by atoms with E-state index in [0.29, 0.717) is 18.7 Å². The average molecular weight is 471 g/mol. The van der Waals surface area contributed by atoms with E-state index < -0.39 is 23.2 Å². The van der Waals surface area contributed by atoms with Gasteiger partial charge >= 0.3 is 5.97 Å². The van der Waals surface area contributed by atoms with Gasteiger partial charge < -0.3 is 9.84 Å². The first-order chi connectivity index (χ1) is 16.2. The van der Waals surface area contributed by atoms with E-state index in [-0.39, 0.29) is 24.8 Å². The van der Waals surface area contributed by atoms with Crippen LogP contribution in [0.25, 0.3) is 0 Å². The summed E-state index contributed by atoms with van der Waals surface area (Å²) in [6.07, 6.45) is 4.18. The minimum absolute atomic E-state index is 0.00141. The van der Waals surface area contributed by atoms with Gasteiger partial charge in [-0.25, -0.2) is 23.2 Å². The van der Waals surface area contributed by atoms with Gasteiger partial charge in [0.2, 0.25) is 0 Å². The van der Waals surface area contributed by atoms with E-state index in [1.165, 1.54) is 23.4 Å². The zero-order valence-electron chi connectivity index (χ0n) is 19.2. The lowest BCUT2D eigenvalue weighted by atomic mass is 9.92. The molecule has 2 aromatic carbocycles. The second-order valence-electron chi connectivity index (χ2n) is 8.36. The van der Waals surface area contributed by atoms with Crippen molar-refractivity contribution >= 4 is 5.97 Å². The highest BCUT2D eigenvalue weighted by atomic mass is 19.1. The van der Waals surface area contributed by atoms with E-state index in [0.717, 1.165) is 17.7 Å². The highest BCUT2D eigenvalue weighted by Gasteiger charge is 2.35. The molecule has 0 amide bonds. The molecule has 0 aliphatic carbocycles. The van der Waals surface area contributed by atoms with Crippen LogP contribution in [0, 0.1) is 11.6 Å². The zero-order valence-corrected chi connectivity index (χ0v) is 19.2. The van der Waals surface area contributed by atoms with Crippen LogP contribution in [0.4, 0.5) is 8.78 Å². The number of hydrogen-bond donors (Lipinski definition) is 1. The molecule has 0 bridgehead atoms. The Morgan fingerprint density at radius 2 is 2.00 bits per heavy atom. The maximum atomic E-state index is 14.7. The van der Waals surface area contributed by atoms with Gasteiger partial charge in [0.1, 0.15) is 29.9 Å². The molecular formula is C25H28F2N4O3. The van der Waals surface area contributed by atoms with Crippen LogP contribution in [-0.4, -0.2) is 49.9 Å².